The Morgan fingerprint density at radius 2 is 1.95 bits per heavy atom. The Balaban J connectivity index is 1.73. The third-order valence-electron chi connectivity index (χ3n) is 4.86. The third kappa shape index (κ3) is 5.50. The van der Waals surface area contributed by atoms with E-state index in [2.05, 4.69) is 10.6 Å². The standard InChI is InChI=1S/C17H32N2O2/c1-17(2,3)21-16(20)19-11-8-14-12-18-10-9-15(14)13-6-4-5-7-13/h13-15,18H,4-12H2,1-3H3,(H,19,20). The van der Waals surface area contributed by atoms with Gasteiger partial charge >= 0.3 is 6.09 Å². The molecule has 2 fully saturated rings. The molecule has 2 unspecified atom stereocenters. The predicted molar refractivity (Wildman–Crippen MR) is 85.3 cm³/mol. The van der Waals surface area contributed by atoms with E-state index < -0.39 is 5.60 Å². The Morgan fingerprint density at radius 1 is 1.24 bits per heavy atom. The van der Waals surface area contributed by atoms with Gasteiger partial charge in [-0.1, -0.05) is 25.7 Å². The van der Waals surface area contributed by atoms with E-state index in [1.807, 2.05) is 20.8 Å². The molecule has 0 aromatic heterocycles. The molecule has 0 radical (unpaired) electrons. The predicted octanol–water partition coefficient (Wildman–Crippen LogP) is 3.32. The van der Waals surface area contributed by atoms with Crippen LogP contribution in [0, 0.1) is 17.8 Å². The lowest BCUT2D eigenvalue weighted by atomic mass is 9.75. The fourth-order valence-corrected chi connectivity index (χ4v) is 3.94. The minimum absolute atomic E-state index is 0.288. The fraction of sp³-hybridized carbons (Fsp3) is 0.941. The van der Waals surface area contributed by atoms with Gasteiger partial charge in [0.2, 0.25) is 0 Å². The first-order valence-electron chi connectivity index (χ1n) is 8.63. The maximum atomic E-state index is 11.7. The average Bonchev–Trinajstić information content (AvgIpc) is 2.91. The van der Waals surface area contributed by atoms with Crippen LogP contribution in [0.3, 0.4) is 0 Å². The Morgan fingerprint density at radius 3 is 2.62 bits per heavy atom. The maximum absolute atomic E-state index is 11.7. The van der Waals surface area contributed by atoms with Crippen molar-refractivity contribution in [2.45, 2.75) is 64.9 Å². The summed E-state index contributed by atoms with van der Waals surface area (Å²) in [6.07, 6.45) is 7.74. The van der Waals surface area contributed by atoms with Gasteiger partial charge in [-0.25, -0.2) is 4.79 Å². The van der Waals surface area contributed by atoms with Crippen molar-refractivity contribution >= 4 is 6.09 Å². The number of nitrogens with one attached hydrogen (secondary N) is 2. The number of carbonyl (C=O) groups excluding carboxylic acids is 1. The smallest absolute Gasteiger partial charge is 0.407 e. The maximum Gasteiger partial charge on any atom is 0.407 e. The monoisotopic (exact) mass is 296 g/mol. The molecule has 0 aromatic rings. The first-order chi connectivity index (χ1) is 9.96. The Labute approximate surface area is 129 Å². The average molecular weight is 296 g/mol. The molecule has 4 nitrogen and oxygen atoms in total. The van der Waals surface area contributed by atoms with E-state index in [-0.39, 0.29) is 6.09 Å². The highest BCUT2D eigenvalue weighted by molar-refractivity contribution is 5.67. The largest absolute Gasteiger partial charge is 0.444 e. The second-order valence-electron chi connectivity index (χ2n) is 7.68. The minimum Gasteiger partial charge on any atom is -0.444 e. The molecule has 1 amide bonds. The van der Waals surface area contributed by atoms with Gasteiger partial charge in [-0.2, -0.15) is 0 Å². The number of alkyl carbamates (subject to hydrolysis) is 1. The van der Waals surface area contributed by atoms with E-state index in [1.54, 1.807) is 0 Å². The molecule has 122 valence electrons. The van der Waals surface area contributed by atoms with Gasteiger partial charge in [0, 0.05) is 6.54 Å². The second kappa shape index (κ2) is 7.48. The number of ether oxygens (including phenoxy) is 1. The zero-order chi connectivity index (χ0) is 15.3. The molecule has 1 heterocycles. The summed E-state index contributed by atoms with van der Waals surface area (Å²) in [4.78, 5) is 11.7. The quantitative estimate of drug-likeness (QED) is 0.837. The first-order valence-corrected chi connectivity index (χ1v) is 8.63. The summed E-state index contributed by atoms with van der Waals surface area (Å²) in [6.45, 7) is 8.69. The lowest BCUT2D eigenvalue weighted by Crippen LogP contribution is -2.41. The van der Waals surface area contributed by atoms with Gasteiger partial charge in [-0.05, 0) is 64.5 Å². The number of amides is 1. The number of rotatable bonds is 4. The van der Waals surface area contributed by atoms with Gasteiger partial charge in [-0.15, -0.1) is 0 Å². The van der Waals surface area contributed by atoms with Crippen LogP contribution in [0.1, 0.15) is 59.3 Å². The molecule has 2 rings (SSSR count). The SMILES string of the molecule is CC(C)(C)OC(=O)NCCC1CNCCC1C1CCCC1. The second-order valence-corrected chi connectivity index (χ2v) is 7.68. The molecular weight excluding hydrogens is 264 g/mol. The zero-order valence-corrected chi connectivity index (χ0v) is 13.9. The summed E-state index contributed by atoms with van der Waals surface area (Å²) >= 11 is 0. The summed E-state index contributed by atoms with van der Waals surface area (Å²) in [7, 11) is 0. The molecule has 0 aromatic carbocycles. The Hall–Kier alpha value is -0.770. The lowest BCUT2D eigenvalue weighted by Gasteiger charge is -2.36. The van der Waals surface area contributed by atoms with Crippen molar-refractivity contribution in [1.29, 1.82) is 0 Å². The van der Waals surface area contributed by atoms with E-state index in [0.717, 1.165) is 37.9 Å². The van der Waals surface area contributed by atoms with Gasteiger partial charge in [-0.3, -0.25) is 0 Å². The molecule has 0 bridgehead atoms. The van der Waals surface area contributed by atoms with Crippen molar-refractivity contribution < 1.29 is 9.53 Å². The van der Waals surface area contributed by atoms with Gasteiger partial charge in [0.05, 0.1) is 0 Å². The van der Waals surface area contributed by atoms with Crippen LogP contribution in [0.4, 0.5) is 4.79 Å². The molecule has 2 aliphatic rings. The van der Waals surface area contributed by atoms with E-state index in [0.29, 0.717) is 5.92 Å². The molecule has 0 spiro atoms. The van der Waals surface area contributed by atoms with Crippen LogP contribution in [-0.2, 0) is 4.74 Å². The van der Waals surface area contributed by atoms with Crippen molar-refractivity contribution in [2.75, 3.05) is 19.6 Å². The normalized spacial score (nSPS) is 27.6. The molecule has 1 saturated heterocycles. The molecule has 1 aliphatic carbocycles. The third-order valence-corrected chi connectivity index (χ3v) is 4.86. The first kappa shape index (κ1) is 16.6. The van der Waals surface area contributed by atoms with Crippen LogP contribution in [0.25, 0.3) is 0 Å². The summed E-state index contributed by atoms with van der Waals surface area (Å²) in [5.74, 6) is 2.49. The molecule has 4 heteroatoms. The number of hydrogen-bond acceptors (Lipinski definition) is 3. The van der Waals surface area contributed by atoms with Crippen molar-refractivity contribution in [1.82, 2.24) is 10.6 Å². The van der Waals surface area contributed by atoms with Crippen molar-refractivity contribution in [3.63, 3.8) is 0 Å². The van der Waals surface area contributed by atoms with Crippen LogP contribution < -0.4 is 10.6 Å². The van der Waals surface area contributed by atoms with Gasteiger partial charge < -0.3 is 15.4 Å². The van der Waals surface area contributed by atoms with E-state index in [1.165, 1.54) is 32.1 Å². The molecular formula is C17H32N2O2. The van der Waals surface area contributed by atoms with Crippen molar-refractivity contribution in [3.8, 4) is 0 Å². The molecule has 21 heavy (non-hydrogen) atoms. The molecule has 2 N–H and O–H groups in total. The molecule has 1 saturated carbocycles. The highest BCUT2D eigenvalue weighted by Crippen LogP contribution is 2.39. The molecule has 1 aliphatic heterocycles. The Kier molecular flexibility index (Phi) is 5.91. The number of hydrogen-bond donors (Lipinski definition) is 2. The number of piperidine rings is 1. The fourth-order valence-electron chi connectivity index (χ4n) is 3.94. The van der Waals surface area contributed by atoms with Gasteiger partial charge in [0.25, 0.3) is 0 Å². The van der Waals surface area contributed by atoms with Crippen LogP contribution >= 0.6 is 0 Å². The highest BCUT2D eigenvalue weighted by atomic mass is 16.6. The van der Waals surface area contributed by atoms with E-state index >= 15 is 0 Å². The molecule has 2 atom stereocenters. The Bertz CT molecular complexity index is 332. The van der Waals surface area contributed by atoms with Gasteiger partial charge in [0.1, 0.15) is 5.60 Å². The van der Waals surface area contributed by atoms with Crippen LogP contribution in [0.15, 0.2) is 0 Å². The van der Waals surface area contributed by atoms with Crippen LogP contribution in [0.2, 0.25) is 0 Å². The van der Waals surface area contributed by atoms with E-state index in [4.69, 9.17) is 4.74 Å². The topological polar surface area (TPSA) is 50.4 Å². The van der Waals surface area contributed by atoms with Crippen LogP contribution in [-0.4, -0.2) is 31.3 Å². The van der Waals surface area contributed by atoms with E-state index in [9.17, 15) is 4.79 Å². The van der Waals surface area contributed by atoms with Crippen molar-refractivity contribution in [3.05, 3.63) is 0 Å². The summed E-state index contributed by atoms with van der Waals surface area (Å²) < 4.78 is 5.29. The summed E-state index contributed by atoms with van der Waals surface area (Å²) in [5.41, 5.74) is -0.414. The zero-order valence-electron chi connectivity index (χ0n) is 13.9. The summed E-state index contributed by atoms with van der Waals surface area (Å²) in [5, 5.41) is 6.43. The summed E-state index contributed by atoms with van der Waals surface area (Å²) in [6, 6.07) is 0. The van der Waals surface area contributed by atoms with Crippen LogP contribution in [0.5, 0.6) is 0 Å². The lowest BCUT2D eigenvalue weighted by molar-refractivity contribution is 0.0519. The highest BCUT2D eigenvalue weighted by Gasteiger charge is 2.32. The number of carbonyl (C=O) groups is 1. The van der Waals surface area contributed by atoms with Crippen molar-refractivity contribution in [2.24, 2.45) is 17.8 Å². The van der Waals surface area contributed by atoms with Gasteiger partial charge in [0.15, 0.2) is 0 Å². The minimum atomic E-state index is -0.414.